The first-order valence-corrected chi connectivity index (χ1v) is 7.20. The predicted molar refractivity (Wildman–Crippen MR) is 69.5 cm³/mol. The number of likely N-dealkylation sites (N-methyl/N-ethyl adjacent to an activating group) is 1. The van der Waals surface area contributed by atoms with Gasteiger partial charge in [0.25, 0.3) is 0 Å². The second kappa shape index (κ2) is 5.97. The van der Waals surface area contributed by atoms with E-state index in [1.54, 1.807) is 0 Å². The zero-order valence-corrected chi connectivity index (χ0v) is 11.6. The maximum Gasteiger partial charge on any atom is 0.335 e. The molecule has 7 nitrogen and oxygen atoms in total. The summed E-state index contributed by atoms with van der Waals surface area (Å²) >= 11 is 0. The molecule has 1 amide bonds. The first kappa shape index (κ1) is 16.1. The predicted octanol–water partition coefficient (Wildman–Crippen LogP) is 0.354. The van der Waals surface area contributed by atoms with Gasteiger partial charge >= 0.3 is 5.97 Å². The third kappa shape index (κ3) is 4.28. The molecule has 0 aliphatic heterocycles. The van der Waals surface area contributed by atoms with E-state index in [9.17, 15) is 22.4 Å². The van der Waals surface area contributed by atoms with Crippen molar-refractivity contribution in [3.05, 3.63) is 29.6 Å². The standard InChI is InChI=1S/C11H13FN2O5S/c1-14(20(2,18)19)6-10(15)13-9-5-7(11(16)17)3-4-8(9)12/h3-5H,6H2,1-2H3,(H,13,15)(H,16,17). The lowest BCUT2D eigenvalue weighted by atomic mass is 10.2. The van der Waals surface area contributed by atoms with E-state index in [0.29, 0.717) is 0 Å². The number of aromatic carboxylic acids is 1. The highest BCUT2D eigenvalue weighted by Crippen LogP contribution is 2.16. The van der Waals surface area contributed by atoms with Gasteiger partial charge in [0, 0.05) is 7.05 Å². The van der Waals surface area contributed by atoms with E-state index in [0.717, 1.165) is 28.8 Å². The van der Waals surface area contributed by atoms with Gasteiger partial charge in [0.2, 0.25) is 15.9 Å². The van der Waals surface area contributed by atoms with Crippen molar-refractivity contribution in [2.45, 2.75) is 0 Å². The molecule has 0 saturated carbocycles. The van der Waals surface area contributed by atoms with Crippen LogP contribution >= 0.6 is 0 Å². The highest BCUT2D eigenvalue weighted by atomic mass is 32.2. The van der Waals surface area contributed by atoms with Crippen LogP contribution in [0, 0.1) is 5.82 Å². The van der Waals surface area contributed by atoms with Crippen LogP contribution in [0.1, 0.15) is 10.4 Å². The second-order valence-corrected chi connectivity index (χ2v) is 6.16. The summed E-state index contributed by atoms with van der Waals surface area (Å²) in [5.74, 6) is -2.86. The number of carbonyl (C=O) groups is 2. The Balaban J connectivity index is 2.86. The number of sulfonamides is 1. The minimum Gasteiger partial charge on any atom is -0.478 e. The number of halogens is 1. The minimum absolute atomic E-state index is 0.196. The number of anilines is 1. The number of hydrogen-bond acceptors (Lipinski definition) is 4. The lowest BCUT2D eigenvalue weighted by molar-refractivity contribution is -0.116. The van der Waals surface area contributed by atoms with Crippen molar-refractivity contribution in [1.29, 1.82) is 0 Å². The Hall–Kier alpha value is -2.00. The van der Waals surface area contributed by atoms with Crippen LogP contribution in [0.15, 0.2) is 18.2 Å². The minimum atomic E-state index is -3.54. The number of amides is 1. The molecule has 1 rings (SSSR count). The van der Waals surface area contributed by atoms with Crippen LogP contribution in [0.25, 0.3) is 0 Å². The molecule has 1 aromatic rings. The molecule has 9 heteroatoms. The third-order valence-corrected chi connectivity index (χ3v) is 3.68. The number of carbonyl (C=O) groups excluding carboxylic acids is 1. The molecule has 0 aromatic heterocycles. The van der Waals surface area contributed by atoms with Crippen LogP contribution in [0.3, 0.4) is 0 Å². The Morgan fingerprint density at radius 1 is 1.40 bits per heavy atom. The van der Waals surface area contributed by atoms with Gasteiger partial charge in [-0.3, -0.25) is 4.79 Å². The van der Waals surface area contributed by atoms with Gasteiger partial charge in [0.1, 0.15) is 5.82 Å². The summed E-state index contributed by atoms with van der Waals surface area (Å²) < 4.78 is 36.5. The molecule has 0 aliphatic rings. The van der Waals surface area contributed by atoms with Crippen molar-refractivity contribution in [3.8, 4) is 0 Å². The topological polar surface area (TPSA) is 104 Å². The molecular formula is C11H13FN2O5S. The third-order valence-electron chi connectivity index (χ3n) is 2.42. The molecule has 2 N–H and O–H groups in total. The smallest absolute Gasteiger partial charge is 0.335 e. The summed E-state index contributed by atoms with van der Waals surface area (Å²) in [5, 5.41) is 10.9. The highest BCUT2D eigenvalue weighted by molar-refractivity contribution is 7.88. The first-order chi connectivity index (χ1) is 9.11. The summed E-state index contributed by atoms with van der Waals surface area (Å²) in [5.41, 5.74) is -0.519. The van der Waals surface area contributed by atoms with Gasteiger partial charge in [0.15, 0.2) is 0 Å². The number of nitrogens with zero attached hydrogens (tertiary/aromatic N) is 1. The fourth-order valence-corrected chi connectivity index (χ4v) is 1.62. The molecule has 110 valence electrons. The number of carboxylic acids is 1. The molecule has 0 atom stereocenters. The number of carboxylic acid groups (broad SMARTS) is 1. The highest BCUT2D eigenvalue weighted by Gasteiger charge is 2.17. The van der Waals surface area contributed by atoms with Crippen LogP contribution in [-0.2, 0) is 14.8 Å². The summed E-state index contributed by atoms with van der Waals surface area (Å²) in [6, 6.07) is 2.91. The average Bonchev–Trinajstić information content (AvgIpc) is 2.30. The molecule has 0 spiro atoms. The zero-order valence-electron chi connectivity index (χ0n) is 10.8. The van der Waals surface area contributed by atoms with Crippen molar-refractivity contribution in [3.63, 3.8) is 0 Å². The van der Waals surface area contributed by atoms with E-state index in [1.807, 2.05) is 0 Å². The fourth-order valence-electron chi connectivity index (χ4n) is 1.26. The van der Waals surface area contributed by atoms with E-state index >= 15 is 0 Å². The van der Waals surface area contributed by atoms with Gasteiger partial charge in [-0.05, 0) is 18.2 Å². The lowest BCUT2D eigenvalue weighted by Crippen LogP contribution is -2.34. The molecule has 0 heterocycles. The van der Waals surface area contributed by atoms with E-state index in [4.69, 9.17) is 5.11 Å². The Labute approximate surface area is 115 Å². The number of rotatable bonds is 5. The van der Waals surface area contributed by atoms with Crippen LogP contribution < -0.4 is 5.32 Å². The van der Waals surface area contributed by atoms with E-state index < -0.39 is 34.3 Å². The zero-order chi connectivity index (χ0) is 15.5. The normalized spacial score (nSPS) is 11.4. The van der Waals surface area contributed by atoms with Crippen molar-refractivity contribution in [2.24, 2.45) is 0 Å². The molecule has 20 heavy (non-hydrogen) atoms. The SMILES string of the molecule is CN(CC(=O)Nc1cc(C(=O)O)ccc1F)S(C)(=O)=O. The van der Waals surface area contributed by atoms with Gasteiger partial charge in [-0.25, -0.2) is 17.6 Å². The van der Waals surface area contributed by atoms with Crippen LogP contribution in [-0.4, -0.2) is 49.6 Å². The maximum atomic E-state index is 13.4. The van der Waals surface area contributed by atoms with Crippen molar-refractivity contribution < 1.29 is 27.5 Å². The van der Waals surface area contributed by atoms with Gasteiger partial charge < -0.3 is 10.4 Å². The maximum absolute atomic E-state index is 13.4. The Morgan fingerprint density at radius 2 is 2.00 bits per heavy atom. The molecule has 0 saturated heterocycles. The number of benzene rings is 1. The Bertz CT molecular complexity index is 644. The van der Waals surface area contributed by atoms with Crippen molar-refractivity contribution in [1.82, 2.24) is 4.31 Å². The largest absolute Gasteiger partial charge is 0.478 e. The molecule has 0 unspecified atom stereocenters. The van der Waals surface area contributed by atoms with E-state index in [1.165, 1.54) is 7.05 Å². The van der Waals surface area contributed by atoms with Gasteiger partial charge in [0.05, 0.1) is 24.1 Å². The van der Waals surface area contributed by atoms with E-state index in [-0.39, 0.29) is 11.3 Å². The fraction of sp³-hybridized carbons (Fsp3) is 0.273. The lowest BCUT2D eigenvalue weighted by Gasteiger charge is -2.14. The molecule has 0 aliphatic carbocycles. The summed E-state index contributed by atoms with van der Waals surface area (Å²) in [6.45, 7) is -0.504. The number of hydrogen-bond donors (Lipinski definition) is 2. The summed E-state index contributed by atoms with van der Waals surface area (Å²) in [7, 11) is -2.34. The van der Waals surface area contributed by atoms with Gasteiger partial charge in [-0.15, -0.1) is 0 Å². The molecule has 0 fully saturated rings. The van der Waals surface area contributed by atoms with Crippen LogP contribution in [0.4, 0.5) is 10.1 Å². The second-order valence-electron chi connectivity index (χ2n) is 4.07. The quantitative estimate of drug-likeness (QED) is 0.817. The van der Waals surface area contributed by atoms with Crippen LogP contribution in [0.5, 0.6) is 0 Å². The Kier molecular flexibility index (Phi) is 4.79. The molecular weight excluding hydrogens is 291 g/mol. The van der Waals surface area contributed by atoms with Crippen molar-refractivity contribution in [2.75, 3.05) is 25.2 Å². The molecule has 1 aromatic carbocycles. The first-order valence-electron chi connectivity index (χ1n) is 5.35. The monoisotopic (exact) mass is 304 g/mol. The van der Waals surface area contributed by atoms with Gasteiger partial charge in [-0.1, -0.05) is 0 Å². The van der Waals surface area contributed by atoms with Crippen LogP contribution in [0.2, 0.25) is 0 Å². The number of nitrogens with one attached hydrogen (secondary N) is 1. The summed E-state index contributed by atoms with van der Waals surface area (Å²) in [6.07, 6.45) is 0.923. The molecule has 0 bridgehead atoms. The molecule has 0 radical (unpaired) electrons. The average molecular weight is 304 g/mol. The van der Waals surface area contributed by atoms with Crippen molar-refractivity contribution >= 4 is 27.6 Å². The van der Waals surface area contributed by atoms with Gasteiger partial charge in [-0.2, -0.15) is 4.31 Å². The Morgan fingerprint density at radius 3 is 2.50 bits per heavy atom. The summed E-state index contributed by atoms with van der Waals surface area (Å²) in [4.78, 5) is 22.3. The van der Waals surface area contributed by atoms with E-state index in [2.05, 4.69) is 5.32 Å².